The minimum absolute atomic E-state index is 0.125. The molecule has 1 N–H and O–H groups in total. The smallest absolute Gasteiger partial charge is 0.390 e. The molecule has 0 spiro atoms. The zero-order valence-electron chi connectivity index (χ0n) is 10.7. The molecule has 0 bridgehead atoms. The molecule has 2 aromatic rings. The maximum Gasteiger partial charge on any atom is 0.491 e. The first kappa shape index (κ1) is 14.9. The lowest BCUT2D eigenvalue weighted by molar-refractivity contribution is -0.394. The van der Waals surface area contributed by atoms with Crippen molar-refractivity contribution in [2.45, 2.75) is 13.5 Å². The normalized spacial score (nSPS) is 10.4. The quantitative estimate of drug-likeness (QED) is 0.686. The maximum atomic E-state index is 13.0. The van der Waals surface area contributed by atoms with E-state index in [1.54, 1.807) is 0 Å². The summed E-state index contributed by atoms with van der Waals surface area (Å²) in [4.78, 5) is 25.2. The Balaban J connectivity index is 2.07. The van der Waals surface area contributed by atoms with Gasteiger partial charge in [0.1, 0.15) is 12.4 Å². The van der Waals surface area contributed by atoms with Gasteiger partial charge in [0.15, 0.2) is 0 Å². The fourth-order valence-corrected chi connectivity index (χ4v) is 1.72. The van der Waals surface area contributed by atoms with E-state index in [0.717, 1.165) is 10.7 Å². The summed E-state index contributed by atoms with van der Waals surface area (Å²) in [5.41, 5.74) is 0.304. The number of aryl methyl sites for hydroxylation is 1. The second-order valence-corrected chi connectivity index (χ2v) is 4.46. The Morgan fingerprint density at radius 1 is 1.57 bits per heavy atom. The average molecular weight is 314 g/mol. The molecule has 0 saturated heterocycles. The van der Waals surface area contributed by atoms with E-state index in [1.807, 2.05) is 0 Å². The second kappa shape index (κ2) is 5.83. The molecule has 1 aromatic heterocycles. The third-order valence-corrected chi connectivity index (χ3v) is 2.80. The van der Waals surface area contributed by atoms with Crippen LogP contribution in [0.3, 0.4) is 0 Å². The van der Waals surface area contributed by atoms with Crippen LogP contribution >= 0.6 is 11.6 Å². The van der Waals surface area contributed by atoms with Crippen LogP contribution in [0, 0.1) is 22.9 Å². The first-order valence-electron chi connectivity index (χ1n) is 5.67. The zero-order chi connectivity index (χ0) is 15.6. The third kappa shape index (κ3) is 3.51. The highest BCUT2D eigenvalue weighted by molar-refractivity contribution is 6.31. The zero-order valence-corrected chi connectivity index (χ0v) is 11.5. The number of halogens is 2. The molecule has 0 aliphatic rings. The van der Waals surface area contributed by atoms with E-state index in [-0.39, 0.29) is 17.4 Å². The lowest BCUT2D eigenvalue weighted by Gasteiger charge is -2.05. The van der Waals surface area contributed by atoms with Crippen molar-refractivity contribution in [2.75, 3.05) is 5.32 Å². The largest absolute Gasteiger partial charge is 0.491 e. The van der Waals surface area contributed by atoms with Crippen LogP contribution in [0.4, 0.5) is 16.0 Å². The van der Waals surface area contributed by atoms with E-state index in [4.69, 9.17) is 11.6 Å². The number of nitro groups is 1. The Bertz CT molecular complexity index is 718. The monoisotopic (exact) mass is 313 g/mol. The summed E-state index contributed by atoms with van der Waals surface area (Å²) in [5, 5.41) is 16.5. The molecule has 1 heterocycles. The fourth-order valence-electron chi connectivity index (χ4n) is 1.54. The molecule has 0 fully saturated rings. The number of nitrogens with one attached hydrogen (secondary N) is 1. The van der Waals surface area contributed by atoms with E-state index in [2.05, 4.69) is 15.4 Å². The van der Waals surface area contributed by atoms with Gasteiger partial charge >= 0.3 is 5.95 Å². The number of carbonyl (C=O) groups is 1. The number of hydrogen-bond donors (Lipinski definition) is 1. The van der Waals surface area contributed by atoms with E-state index in [9.17, 15) is 19.3 Å². The van der Waals surface area contributed by atoms with Crippen molar-refractivity contribution >= 4 is 29.1 Å². The first-order chi connectivity index (χ1) is 9.86. The van der Waals surface area contributed by atoms with Crippen LogP contribution in [0.25, 0.3) is 0 Å². The highest BCUT2D eigenvalue weighted by atomic mass is 35.5. The Hall–Kier alpha value is -2.55. The number of aromatic nitrogens is 3. The first-order valence-corrected chi connectivity index (χ1v) is 6.05. The predicted molar refractivity (Wildman–Crippen MR) is 71.5 cm³/mol. The van der Waals surface area contributed by atoms with Crippen molar-refractivity contribution in [1.29, 1.82) is 0 Å². The Morgan fingerprint density at radius 2 is 2.29 bits per heavy atom. The van der Waals surface area contributed by atoms with E-state index >= 15 is 0 Å². The molecule has 0 radical (unpaired) electrons. The van der Waals surface area contributed by atoms with Gasteiger partial charge in [0.25, 0.3) is 0 Å². The van der Waals surface area contributed by atoms with Gasteiger partial charge < -0.3 is 15.4 Å². The lowest BCUT2D eigenvalue weighted by atomic mass is 10.3. The Kier molecular flexibility index (Phi) is 4.13. The summed E-state index contributed by atoms with van der Waals surface area (Å²) >= 11 is 5.59. The van der Waals surface area contributed by atoms with Crippen molar-refractivity contribution in [2.24, 2.45) is 0 Å². The molecule has 2 rings (SSSR count). The van der Waals surface area contributed by atoms with Crippen molar-refractivity contribution in [1.82, 2.24) is 14.8 Å². The van der Waals surface area contributed by atoms with Gasteiger partial charge in [-0.25, -0.2) is 4.39 Å². The Labute approximate surface area is 122 Å². The van der Waals surface area contributed by atoms with Crippen molar-refractivity contribution < 1.29 is 14.1 Å². The summed E-state index contributed by atoms with van der Waals surface area (Å²) in [7, 11) is 0. The van der Waals surface area contributed by atoms with Gasteiger partial charge in [-0.3, -0.25) is 4.79 Å². The van der Waals surface area contributed by atoms with Gasteiger partial charge in [-0.05, 0) is 28.1 Å². The molecule has 110 valence electrons. The highest BCUT2D eigenvalue weighted by Gasteiger charge is 2.20. The van der Waals surface area contributed by atoms with E-state index in [0.29, 0.717) is 5.69 Å². The standard InChI is InChI=1S/C11H9ClFN5O3/c1-6-14-11(18(20)21)16-17(6)5-10(19)15-7-2-3-9(13)8(12)4-7/h2-4H,5H2,1H3,(H,15,19). The highest BCUT2D eigenvalue weighted by Crippen LogP contribution is 2.19. The van der Waals surface area contributed by atoms with Crippen LogP contribution in [-0.2, 0) is 11.3 Å². The van der Waals surface area contributed by atoms with Crippen molar-refractivity contribution in [3.63, 3.8) is 0 Å². The van der Waals surface area contributed by atoms with Crippen molar-refractivity contribution in [3.05, 3.63) is 45.0 Å². The van der Waals surface area contributed by atoms with Gasteiger partial charge in [-0.1, -0.05) is 11.6 Å². The molecule has 0 saturated carbocycles. The Morgan fingerprint density at radius 3 is 2.86 bits per heavy atom. The van der Waals surface area contributed by atoms with Crippen LogP contribution in [0.1, 0.15) is 5.82 Å². The maximum absolute atomic E-state index is 13.0. The van der Waals surface area contributed by atoms with Gasteiger partial charge in [0, 0.05) is 17.7 Å². The molecule has 10 heteroatoms. The van der Waals surface area contributed by atoms with Gasteiger partial charge in [0.05, 0.1) is 5.02 Å². The van der Waals surface area contributed by atoms with Gasteiger partial charge in [-0.15, -0.1) is 0 Å². The fraction of sp³-hybridized carbons (Fsp3) is 0.182. The van der Waals surface area contributed by atoms with Gasteiger partial charge in [0.2, 0.25) is 11.7 Å². The molecule has 0 aliphatic carbocycles. The summed E-state index contributed by atoms with van der Waals surface area (Å²) in [6, 6.07) is 3.71. The van der Waals surface area contributed by atoms with Crippen LogP contribution in [-0.4, -0.2) is 25.6 Å². The van der Waals surface area contributed by atoms with E-state index < -0.39 is 22.6 Å². The number of rotatable bonds is 4. The number of amides is 1. The summed E-state index contributed by atoms with van der Waals surface area (Å²) in [6.45, 7) is 1.23. The van der Waals surface area contributed by atoms with E-state index in [1.165, 1.54) is 19.1 Å². The minimum Gasteiger partial charge on any atom is -0.390 e. The number of carbonyl (C=O) groups excluding carboxylic acids is 1. The second-order valence-electron chi connectivity index (χ2n) is 4.05. The van der Waals surface area contributed by atoms with Crippen LogP contribution < -0.4 is 5.32 Å². The average Bonchev–Trinajstić information content (AvgIpc) is 2.76. The molecular formula is C11H9ClFN5O3. The third-order valence-electron chi connectivity index (χ3n) is 2.51. The molecule has 1 amide bonds. The van der Waals surface area contributed by atoms with Crippen LogP contribution in [0.2, 0.25) is 5.02 Å². The molecule has 0 atom stereocenters. The summed E-state index contributed by atoms with van der Waals surface area (Å²) in [6.07, 6.45) is 0. The SMILES string of the molecule is Cc1nc([N+](=O)[O-])nn1CC(=O)Nc1ccc(F)c(Cl)c1. The molecule has 0 aliphatic heterocycles. The summed E-state index contributed by atoms with van der Waals surface area (Å²) in [5.74, 6) is -1.45. The molecule has 21 heavy (non-hydrogen) atoms. The summed E-state index contributed by atoms with van der Waals surface area (Å²) < 4.78 is 14.1. The molecular weight excluding hydrogens is 305 g/mol. The predicted octanol–water partition coefficient (Wildman–Crippen LogP) is 1.93. The number of nitrogens with zero attached hydrogens (tertiary/aromatic N) is 4. The number of benzene rings is 1. The topological polar surface area (TPSA) is 103 Å². The minimum atomic E-state index is -0.749. The molecule has 8 nitrogen and oxygen atoms in total. The molecule has 1 aromatic carbocycles. The van der Waals surface area contributed by atoms with Crippen LogP contribution in [0.5, 0.6) is 0 Å². The number of hydrogen-bond acceptors (Lipinski definition) is 5. The number of anilines is 1. The lowest BCUT2D eigenvalue weighted by Crippen LogP contribution is -2.20. The van der Waals surface area contributed by atoms with Gasteiger partial charge in [-0.2, -0.15) is 4.68 Å². The molecule has 0 unspecified atom stereocenters. The van der Waals surface area contributed by atoms with Crippen molar-refractivity contribution in [3.8, 4) is 0 Å². The van der Waals surface area contributed by atoms with Crippen LogP contribution in [0.15, 0.2) is 18.2 Å².